The van der Waals surface area contributed by atoms with E-state index in [1.165, 1.54) is 0 Å². The van der Waals surface area contributed by atoms with Crippen LogP contribution in [0.4, 0.5) is 0 Å². The average molecular weight is 453 g/mol. The van der Waals surface area contributed by atoms with E-state index in [-0.39, 0.29) is 6.61 Å². The Bertz CT molecular complexity index is 863. The van der Waals surface area contributed by atoms with Gasteiger partial charge in [-0.3, -0.25) is 0 Å². The molecule has 1 heterocycles. The molecule has 1 aliphatic rings. The van der Waals surface area contributed by atoms with Crippen LogP contribution < -0.4 is 4.74 Å². The Morgan fingerprint density at radius 1 is 1.00 bits per heavy atom. The molecule has 1 fully saturated rings. The highest BCUT2D eigenvalue weighted by molar-refractivity contribution is 6.31. The van der Waals surface area contributed by atoms with Crippen molar-refractivity contribution in [3.05, 3.63) is 64.2 Å². The third-order valence-corrected chi connectivity index (χ3v) is 5.57. The summed E-state index contributed by atoms with van der Waals surface area (Å²) in [6.07, 6.45) is -5.57. The van der Waals surface area contributed by atoms with Crippen LogP contribution in [-0.2, 0) is 11.2 Å². The fraction of sp³-hybridized carbons (Fsp3) is 0.478. The fourth-order valence-electron chi connectivity index (χ4n) is 3.47. The lowest BCUT2D eigenvalue weighted by molar-refractivity contribution is -0.231. The van der Waals surface area contributed by atoms with Crippen LogP contribution in [0.5, 0.6) is 5.75 Å². The monoisotopic (exact) mass is 452 g/mol. The first kappa shape index (κ1) is 23.9. The number of ether oxygens (including phenoxy) is 2. The summed E-state index contributed by atoms with van der Waals surface area (Å²) in [5.41, 5.74) is 1.43. The molecule has 0 aliphatic carbocycles. The van der Waals surface area contributed by atoms with Crippen molar-refractivity contribution >= 4 is 11.6 Å². The van der Waals surface area contributed by atoms with Crippen molar-refractivity contribution in [2.24, 2.45) is 0 Å². The Morgan fingerprint density at radius 3 is 2.29 bits per heavy atom. The summed E-state index contributed by atoms with van der Waals surface area (Å²) in [7, 11) is 0. The number of halogens is 1. The highest BCUT2D eigenvalue weighted by atomic mass is 35.5. The van der Waals surface area contributed by atoms with E-state index in [1.807, 2.05) is 24.3 Å². The maximum atomic E-state index is 10.4. The molecule has 170 valence electrons. The van der Waals surface area contributed by atoms with Gasteiger partial charge in [-0.25, -0.2) is 0 Å². The summed E-state index contributed by atoms with van der Waals surface area (Å²) in [5, 5.41) is 50.1. The largest absolute Gasteiger partial charge is 0.491 e. The molecular weight excluding hydrogens is 424 g/mol. The van der Waals surface area contributed by atoms with Crippen LogP contribution in [0.2, 0.25) is 5.02 Å². The van der Waals surface area contributed by atoms with Gasteiger partial charge in [0.05, 0.1) is 12.2 Å². The highest BCUT2D eigenvalue weighted by Gasteiger charge is 2.44. The van der Waals surface area contributed by atoms with Crippen LogP contribution in [0.3, 0.4) is 0 Å². The molecule has 0 bridgehead atoms. The van der Waals surface area contributed by atoms with Crippen molar-refractivity contribution in [1.82, 2.24) is 0 Å². The summed E-state index contributed by atoms with van der Waals surface area (Å²) >= 11 is 6.38. The van der Waals surface area contributed by atoms with Crippen molar-refractivity contribution in [1.29, 1.82) is 0 Å². The number of rotatable bonds is 7. The predicted octanol–water partition coefficient (Wildman–Crippen LogP) is 1.60. The lowest BCUT2D eigenvalue weighted by Gasteiger charge is -2.40. The standard InChI is InChI=1S/C23H29ClO7/c1-23(2,29)12-30-16-6-3-13(4-7-16)9-15-10-14(5-8-17(15)24)22-21(28)20(27)19(26)18(11-25)31-22/h3-8,10,18-22,25-29H,9,11-12H2,1-2H3/t18-,19-,20+,21-,22+/m1/s1. The summed E-state index contributed by atoms with van der Waals surface area (Å²) in [6, 6.07) is 12.6. The van der Waals surface area contributed by atoms with E-state index in [2.05, 4.69) is 0 Å². The smallest absolute Gasteiger partial charge is 0.119 e. The molecule has 0 amide bonds. The second-order valence-electron chi connectivity index (χ2n) is 8.52. The molecule has 2 aromatic rings. The van der Waals surface area contributed by atoms with Crippen molar-refractivity contribution in [2.75, 3.05) is 13.2 Å². The molecule has 0 saturated carbocycles. The van der Waals surface area contributed by atoms with Gasteiger partial charge in [-0.15, -0.1) is 0 Å². The zero-order valence-corrected chi connectivity index (χ0v) is 18.2. The normalized spacial score (nSPS) is 26.6. The maximum Gasteiger partial charge on any atom is 0.119 e. The number of aliphatic hydroxyl groups excluding tert-OH is 4. The van der Waals surface area contributed by atoms with Crippen LogP contribution in [-0.4, -0.2) is 68.8 Å². The van der Waals surface area contributed by atoms with Crippen molar-refractivity contribution in [3.63, 3.8) is 0 Å². The first-order chi connectivity index (χ1) is 14.6. The summed E-state index contributed by atoms with van der Waals surface area (Å²) in [4.78, 5) is 0. The zero-order valence-electron chi connectivity index (χ0n) is 17.5. The third kappa shape index (κ3) is 5.96. The topological polar surface area (TPSA) is 120 Å². The van der Waals surface area contributed by atoms with E-state index in [4.69, 9.17) is 21.1 Å². The van der Waals surface area contributed by atoms with E-state index >= 15 is 0 Å². The maximum absolute atomic E-state index is 10.4. The van der Waals surface area contributed by atoms with E-state index in [0.29, 0.717) is 22.8 Å². The van der Waals surface area contributed by atoms with Gasteiger partial charge in [0.2, 0.25) is 0 Å². The van der Waals surface area contributed by atoms with Gasteiger partial charge in [0.15, 0.2) is 0 Å². The van der Waals surface area contributed by atoms with E-state index in [1.54, 1.807) is 32.0 Å². The molecule has 7 nitrogen and oxygen atoms in total. The van der Waals surface area contributed by atoms with Crippen LogP contribution in [0.15, 0.2) is 42.5 Å². The number of hydrogen-bond acceptors (Lipinski definition) is 7. The van der Waals surface area contributed by atoms with E-state index in [9.17, 15) is 25.5 Å². The van der Waals surface area contributed by atoms with Gasteiger partial charge in [-0.1, -0.05) is 35.9 Å². The molecule has 3 rings (SSSR count). The minimum atomic E-state index is -1.44. The lowest BCUT2D eigenvalue weighted by Crippen LogP contribution is -2.55. The minimum absolute atomic E-state index is 0.180. The summed E-state index contributed by atoms with van der Waals surface area (Å²) in [5.74, 6) is 0.645. The van der Waals surface area contributed by atoms with Crippen LogP contribution in [0.25, 0.3) is 0 Å². The molecule has 31 heavy (non-hydrogen) atoms. The van der Waals surface area contributed by atoms with Crippen molar-refractivity contribution in [2.45, 2.75) is 56.4 Å². The van der Waals surface area contributed by atoms with E-state index < -0.39 is 42.7 Å². The number of benzene rings is 2. The zero-order chi connectivity index (χ0) is 22.8. The molecule has 0 radical (unpaired) electrons. The van der Waals surface area contributed by atoms with Gasteiger partial charge in [0.1, 0.15) is 42.9 Å². The highest BCUT2D eigenvalue weighted by Crippen LogP contribution is 2.34. The van der Waals surface area contributed by atoms with Crippen LogP contribution >= 0.6 is 11.6 Å². The van der Waals surface area contributed by atoms with Gasteiger partial charge in [0, 0.05) is 5.02 Å². The van der Waals surface area contributed by atoms with Crippen molar-refractivity contribution < 1.29 is 35.0 Å². The molecule has 2 aromatic carbocycles. The fourth-order valence-corrected chi connectivity index (χ4v) is 3.65. The SMILES string of the molecule is CC(C)(O)COc1ccc(Cc2cc([C@@H]3O[C@H](CO)[C@@H](O)[C@H](O)[C@H]3O)ccc2Cl)cc1. The molecule has 8 heteroatoms. The molecule has 0 spiro atoms. The predicted molar refractivity (Wildman–Crippen MR) is 115 cm³/mol. The first-order valence-electron chi connectivity index (χ1n) is 10.1. The molecule has 5 N–H and O–H groups in total. The Hall–Kier alpha value is -1.71. The first-order valence-corrected chi connectivity index (χ1v) is 10.5. The lowest BCUT2D eigenvalue weighted by atomic mass is 9.90. The van der Waals surface area contributed by atoms with Gasteiger partial charge in [-0.2, -0.15) is 0 Å². The van der Waals surface area contributed by atoms with E-state index in [0.717, 1.165) is 11.1 Å². The minimum Gasteiger partial charge on any atom is -0.491 e. The quantitative estimate of drug-likeness (QED) is 0.432. The van der Waals surface area contributed by atoms with Gasteiger partial charge in [-0.05, 0) is 55.2 Å². The number of hydrogen-bond donors (Lipinski definition) is 5. The molecule has 1 aliphatic heterocycles. The molecule has 0 unspecified atom stereocenters. The van der Waals surface area contributed by atoms with Crippen LogP contribution in [0, 0.1) is 0 Å². The summed E-state index contributed by atoms with van der Waals surface area (Å²) < 4.78 is 11.2. The number of aliphatic hydroxyl groups is 5. The summed E-state index contributed by atoms with van der Waals surface area (Å²) in [6.45, 7) is 3.04. The second kappa shape index (κ2) is 9.83. The van der Waals surface area contributed by atoms with Crippen molar-refractivity contribution in [3.8, 4) is 5.75 Å². The molecule has 0 aromatic heterocycles. The molecule has 5 atom stereocenters. The Balaban J connectivity index is 1.75. The second-order valence-corrected chi connectivity index (χ2v) is 8.93. The average Bonchev–Trinajstić information content (AvgIpc) is 2.73. The van der Waals surface area contributed by atoms with Gasteiger partial charge in [0.25, 0.3) is 0 Å². The molecule has 1 saturated heterocycles. The van der Waals surface area contributed by atoms with Gasteiger partial charge < -0.3 is 35.0 Å². The Labute approximate surface area is 186 Å². The Morgan fingerprint density at radius 2 is 1.68 bits per heavy atom. The molecular formula is C23H29ClO7. The van der Waals surface area contributed by atoms with Gasteiger partial charge >= 0.3 is 0 Å². The third-order valence-electron chi connectivity index (χ3n) is 5.20. The van der Waals surface area contributed by atoms with Crippen LogP contribution in [0.1, 0.15) is 36.6 Å². The Kier molecular flexibility index (Phi) is 7.59.